The Hall–Kier alpha value is -2.74. The third-order valence-electron chi connectivity index (χ3n) is 4.59. The zero-order chi connectivity index (χ0) is 14.1. The molecule has 0 spiro atoms. The zero-order valence-corrected chi connectivity index (χ0v) is 11.1. The lowest BCUT2D eigenvalue weighted by Crippen LogP contribution is -2.20. The molecule has 0 amide bonds. The molecule has 0 saturated carbocycles. The fourth-order valence-electron chi connectivity index (χ4n) is 3.70. The number of hydrogen-bond acceptors (Lipinski definition) is 2. The Labute approximate surface area is 121 Å². The highest BCUT2D eigenvalue weighted by atomic mass is 16.1. The van der Waals surface area contributed by atoms with Gasteiger partial charge in [0.2, 0.25) is 0 Å². The Morgan fingerprint density at radius 2 is 1.48 bits per heavy atom. The summed E-state index contributed by atoms with van der Waals surface area (Å²) in [7, 11) is 0. The van der Waals surface area contributed by atoms with Crippen LogP contribution in [0.1, 0.15) is 31.8 Å². The van der Waals surface area contributed by atoms with Gasteiger partial charge in [0.25, 0.3) is 0 Å². The molecule has 0 radical (unpaired) electrons. The first-order chi connectivity index (χ1) is 10.3. The van der Waals surface area contributed by atoms with Crippen LogP contribution in [0.3, 0.4) is 0 Å². The smallest absolute Gasteiger partial charge is 0.194 e. The average molecular weight is 270 g/mol. The van der Waals surface area contributed by atoms with Crippen molar-refractivity contribution in [1.82, 2.24) is 0 Å². The first-order valence-corrected chi connectivity index (χ1v) is 7.01. The molecule has 3 aromatic rings. The second-order valence-corrected chi connectivity index (χ2v) is 5.66. The van der Waals surface area contributed by atoms with Crippen molar-refractivity contribution >= 4 is 22.3 Å². The number of carbonyl (C=O) groups excluding carboxylic acids is 2. The molecule has 5 rings (SSSR count). The predicted molar refractivity (Wildman–Crippen MR) is 80.9 cm³/mol. The molecule has 0 aliphatic heterocycles. The molecule has 0 saturated heterocycles. The highest BCUT2D eigenvalue weighted by Crippen LogP contribution is 2.45. The van der Waals surface area contributed by atoms with Crippen LogP contribution in [0.25, 0.3) is 21.9 Å². The van der Waals surface area contributed by atoms with Gasteiger partial charge in [-0.15, -0.1) is 0 Å². The largest absolute Gasteiger partial charge is 0.294 e. The summed E-state index contributed by atoms with van der Waals surface area (Å²) in [4.78, 5) is 25.1. The van der Waals surface area contributed by atoms with Crippen molar-refractivity contribution in [2.75, 3.05) is 0 Å². The first kappa shape index (κ1) is 11.0. The topological polar surface area (TPSA) is 34.1 Å². The van der Waals surface area contributed by atoms with Crippen molar-refractivity contribution in [1.29, 1.82) is 0 Å². The quantitative estimate of drug-likeness (QED) is 0.487. The van der Waals surface area contributed by atoms with E-state index in [1.54, 1.807) is 0 Å². The number of benzene rings is 3. The number of hydrogen-bond donors (Lipinski definition) is 0. The summed E-state index contributed by atoms with van der Waals surface area (Å²) in [5.74, 6) is 0.127. The van der Waals surface area contributed by atoms with Gasteiger partial charge in [-0.25, -0.2) is 0 Å². The molecule has 98 valence electrons. The first-order valence-electron chi connectivity index (χ1n) is 7.01. The molecule has 2 aliphatic rings. The maximum Gasteiger partial charge on any atom is 0.194 e. The molecular formula is C19H10O2. The van der Waals surface area contributed by atoms with Crippen LogP contribution in [0.15, 0.2) is 48.5 Å². The zero-order valence-electron chi connectivity index (χ0n) is 11.1. The molecule has 0 unspecified atom stereocenters. The molecule has 0 aromatic heterocycles. The van der Waals surface area contributed by atoms with Crippen molar-refractivity contribution in [2.24, 2.45) is 0 Å². The summed E-state index contributed by atoms with van der Waals surface area (Å²) in [6.07, 6.45) is 0.421. The van der Waals surface area contributed by atoms with Crippen molar-refractivity contribution < 1.29 is 9.59 Å². The van der Waals surface area contributed by atoms with E-state index in [1.807, 2.05) is 48.5 Å². The molecule has 0 bridgehead atoms. The van der Waals surface area contributed by atoms with Crippen LogP contribution in [0, 0.1) is 0 Å². The Bertz CT molecular complexity index is 996. The van der Waals surface area contributed by atoms with Crippen LogP contribution in [0.4, 0.5) is 0 Å². The van der Waals surface area contributed by atoms with Crippen LogP contribution in [-0.4, -0.2) is 11.6 Å². The van der Waals surface area contributed by atoms with Gasteiger partial charge in [0.1, 0.15) is 0 Å². The summed E-state index contributed by atoms with van der Waals surface area (Å²) in [6.45, 7) is 0. The van der Waals surface area contributed by atoms with Gasteiger partial charge < -0.3 is 0 Å². The lowest BCUT2D eigenvalue weighted by molar-refractivity contribution is 0.0992. The summed E-state index contributed by atoms with van der Waals surface area (Å²) >= 11 is 0. The van der Waals surface area contributed by atoms with Gasteiger partial charge in [-0.3, -0.25) is 9.59 Å². The minimum absolute atomic E-state index is 0.0248. The van der Waals surface area contributed by atoms with E-state index in [0.717, 1.165) is 33.0 Å². The Morgan fingerprint density at radius 1 is 0.714 bits per heavy atom. The summed E-state index contributed by atoms with van der Waals surface area (Å²) in [6, 6.07) is 15.3. The monoisotopic (exact) mass is 270 g/mol. The second kappa shape index (κ2) is 3.47. The molecule has 0 heterocycles. The van der Waals surface area contributed by atoms with E-state index >= 15 is 0 Å². The minimum Gasteiger partial charge on any atom is -0.294 e. The normalized spacial score (nSPS) is 14.7. The molecule has 2 heteroatoms. The predicted octanol–water partition coefficient (Wildman–Crippen LogP) is 3.79. The standard InChI is InChI=1S/C19H10O2/c20-15-9-11-8-7-10-3-1-5-13-16(10)17(11)18-12(15)4-2-6-14(18)19(13)21/h1-8H,9H2. The molecule has 0 atom stereocenters. The number of carbonyl (C=O) groups is 2. The van der Waals surface area contributed by atoms with E-state index in [4.69, 9.17) is 0 Å². The minimum atomic E-state index is 0.0248. The maximum absolute atomic E-state index is 12.8. The third-order valence-corrected chi connectivity index (χ3v) is 4.59. The van der Waals surface area contributed by atoms with Gasteiger partial charge >= 0.3 is 0 Å². The molecule has 2 aliphatic carbocycles. The second-order valence-electron chi connectivity index (χ2n) is 5.66. The van der Waals surface area contributed by atoms with Crippen LogP contribution >= 0.6 is 0 Å². The fraction of sp³-hybridized carbons (Fsp3) is 0.0526. The van der Waals surface area contributed by atoms with E-state index in [2.05, 4.69) is 0 Å². The number of ketones is 2. The van der Waals surface area contributed by atoms with Gasteiger partial charge in [-0.05, 0) is 16.5 Å². The average Bonchev–Trinajstić information content (AvgIpc) is 2.52. The highest BCUT2D eigenvalue weighted by molar-refractivity contribution is 6.29. The summed E-state index contributed by atoms with van der Waals surface area (Å²) in [5.41, 5.74) is 5.07. The molecule has 0 fully saturated rings. The Morgan fingerprint density at radius 3 is 2.38 bits per heavy atom. The van der Waals surface area contributed by atoms with E-state index in [-0.39, 0.29) is 11.6 Å². The van der Waals surface area contributed by atoms with E-state index in [0.29, 0.717) is 17.5 Å². The van der Waals surface area contributed by atoms with Crippen LogP contribution in [0.5, 0.6) is 0 Å². The van der Waals surface area contributed by atoms with Gasteiger partial charge in [-0.1, -0.05) is 48.5 Å². The van der Waals surface area contributed by atoms with E-state index in [9.17, 15) is 9.59 Å². The molecule has 3 aromatic carbocycles. The fourth-order valence-corrected chi connectivity index (χ4v) is 3.70. The molecule has 2 nitrogen and oxygen atoms in total. The molecular weight excluding hydrogens is 260 g/mol. The Kier molecular flexibility index (Phi) is 1.81. The lowest BCUT2D eigenvalue weighted by atomic mass is 9.74. The van der Waals surface area contributed by atoms with E-state index < -0.39 is 0 Å². The van der Waals surface area contributed by atoms with Crippen LogP contribution in [0.2, 0.25) is 0 Å². The third kappa shape index (κ3) is 1.18. The van der Waals surface area contributed by atoms with Crippen molar-refractivity contribution in [3.8, 4) is 11.1 Å². The van der Waals surface area contributed by atoms with Gasteiger partial charge in [0.05, 0.1) is 0 Å². The molecule has 0 N–H and O–H groups in total. The van der Waals surface area contributed by atoms with Crippen molar-refractivity contribution in [3.05, 3.63) is 70.8 Å². The number of rotatable bonds is 0. The SMILES string of the molecule is O=C1Cc2ccc3cccc4c3c2-c2c1cccc2C4=O. The summed E-state index contributed by atoms with van der Waals surface area (Å²) in [5, 5.41) is 2.07. The van der Waals surface area contributed by atoms with Gasteiger partial charge in [0.15, 0.2) is 11.6 Å². The highest BCUT2D eigenvalue weighted by Gasteiger charge is 2.33. The Balaban J connectivity index is 2.12. The van der Waals surface area contributed by atoms with Gasteiger partial charge in [-0.2, -0.15) is 0 Å². The maximum atomic E-state index is 12.8. The number of Topliss-reactive ketones (excluding diaryl/α,β-unsaturated/α-hetero) is 1. The van der Waals surface area contributed by atoms with Crippen molar-refractivity contribution in [2.45, 2.75) is 6.42 Å². The molecule has 21 heavy (non-hydrogen) atoms. The van der Waals surface area contributed by atoms with Crippen LogP contribution in [-0.2, 0) is 6.42 Å². The van der Waals surface area contributed by atoms with Crippen molar-refractivity contribution in [3.63, 3.8) is 0 Å². The van der Waals surface area contributed by atoms with Crippen LogP contribution < -0.4 is 0 Å². The lowest BCUT2D eigenvalue weighted by Gasteiger charge is -2.27. The van der Waals surface area contributed by atoms with E-state index in [1.165, 1.54) is 0 Å². The van der Waals surface area contributed by atoms with Gasteiger partial charge in [0, 0.05) is 34.1 Å². The summed E-state index contributed by atoms with van der Waals surface area (Å²) < 4.78 is 0.